The van der Waals surface area contributed by atoms with E-state index in [-0.39, 0.29) is 0 Å². The highest BCUT2D eigenvalue weighted by molar-refractivity contribution is 14.1. The van der Waals surface area contributed by atoms with Crippen LogP contribution in [-0.4, -0.2) is 9.78 Å². The van der Waals surface area contributed by atoms with E-state index in [9.17, 15) is 0 Å². The maximum absolute atomic E-state index is 6.02. The van der Waals surface area contributed by atoms with E-state index < -0.39 is 0 Å². The van der Waals surface area contributed by atoms with Gasteiger partial charge < -0.3 is 5.73 Å². The van der Waals surface area contributed by atoms with Gasteiger partial charge in [-0.1, -0.05) is 35.9 Å². The number of hydrogen-bond acceptors (Lipinski definition) is 3. The third-order valence-corrected chi connectivity index (χ3v) is 4.83. The zero-order valence-electron chi connectivity index (χ0n) is 9.98. The standard InChI is InChI=1S/C12H16IN3S/c1-3-4-9(13)10-6-11(14)16(15-10)12-5-8(2)7-17-12/h5-7,9H,3-4,14H2,1-2H3. The molecule has 2 heterocycles. The lowest BCUT2D eigenvalue weighted by molar-refractivity contribution is 0.760. The second-order valence-electron chi connectivity index (χ2n) is 4.12. The SMILES string of the molecule is CCCC(I)c1cc(N)n(-c2cc(C)cs2)n1. The molecule has 0 aliphatic carbocycles. The maximum Gasteiger partial charge on any atom is 0.128 e. The van der Waals surface area contributed by atoms with E-state index in [0.717, 1.165) is 22.9 Å². The molecule has 0 fully saturated rings. The van der Waals surface area contributed by atoms with Crippen molar-refractivity contribution in [3.8, 4) is 5.00 Å². The highest BCUT2D eigenvalue weighted by Gasteiger charge is 2.14. The Morgan fingerprint density at radius 1 is 1.53 bits per heavy atom. The number of nitrogens with two attached hydrogens (primary N) is 1. The first kappa shape index (κ1) is 12.9. The monoisotopic (exact) mass is 361 g/mol. The summed E-state index contributed by atoms with van der Waals surface area (Å²) in [6.45, 7) is 4.27. The summed E-state index contributed by atoms with van der Waals surface area (Å²) in [5.74, 6) is 0.722. The fraction of sp³-hybridized carbons (Fsp3) is 0.417. The average molecular weight is 361 g/mol. The molecular formula is C12H16IN3S. The molecule has 1 atom stereocenters. The molecule has 0 bridgehead atoms. The number of anilines is 1. The van der Waals surface area contributed by atoms with Gasteiger partial charge in [0.2, 0.25) is 0 Å². The topological polar surface area (TPSA) is 43.8 Å². The predicted octanol–water partition coefficient (Wildman–Crippen LogP) is 4.10. The molecule has 0 aliphatic rings. The molecule has 2 aromatic heterocycles. The number of nitrogen functional groups attached to an aromatic ring is 1. The zero-order chi connectivity index (χ0) is 12.4. The van der Waals surface area contributed by atoms with Crippen molar-refractivity contribution in [2.75, 3.05) is 5.73 Å². The Morgan fingerprint density at radius 2 is 2.29 bits per heavy atom. The molecule has 0 spiro atoms. The molecule has 0 aliphatic heterocycles. The van der Waals surface area contributed by atoms with Crippen molar-refractivity contribution >= 4 is 39.7 Å². The third-order valence-electron chi connectivity index (χ3n) is 2.54. The van der Waals surface area contributed by atoms with Crippen LogP contribution in [0.2, 0.25) is 0 Å². The molecular weight excluding hydrogens is 345 g/mol. The van der Waals surface area contributed by atoms with Crippen molar-refractivity contribution in [2.24, 2.45) is 0 Å². The van der Waals surface area contributed by atoms with E-state index in [2.05, 4.69) is 53.0 Å². The summed E-state index contributed by atoms with van der Waals surface area (Å²) >= 11 is 4.11. The minimum Gasteiger partial charge on any atom is -0.384 e. The number of nitrogens with zero attached hydrogens (tertiary/aromatic N) is 2. The summed E-state index contributed by atoms with van der Waals surface area (Å²) in [4.78, 5) is 0. The Labute approximate surface area is 119 Å². The molecule has 2 rings (SSSR count). The van der Waals surface area contributed by atoms with Crippen molar-refractivity contribution < 1.29 is 0 Å². The van der Waals surface area contributed by atoms with Gasteiger partial charge in [0, 0.05) is 6.07 Å². The highest BCUT2D eigenvalue weighted by Crippen LogP contribution is 2.30. The summed E-state index contributed by atoms with van der Waals surface area (Å²) in [6.07, 6.45) is 2.30. The van der Waals surface area contributed by atoms with Crippen LogP contribution in [0.3, 0.4) is 0 Å². The number of rotatable bonds is 4. The summed E-state index contributed by atoms with van der Waals surface area (Å²) in [6, 6.07) is 4.10. The van der Waals surface area contributed by atoms with E-state index in [1.807, 2.05) is 10.7 Å². The molecule has 0 amide bonds. The maximum atomic E-state index is 6.02. The van der Waals surface area contributed by atoms with Gasteiger partial charge in [-0.3, -0.25) is 0 Å². The van der Waals surface area contributed by atoms with Crippen molar-refractivity contribution in [1.82, 2.24) is 9.78 Å². The number of thiophene rings is 1. The van der Waals surface area contributed by atoms with Crippen LogP contribution >= 0.6 is 33.9 Å². The lowest BCUT2D eigenvalue weighted by Crippen LogP contribution is -2.00. The first-order chi connectivity index (χ1) is 8.11. The molecule has 2 N–H and O–H groups in total. The number of aryl methyl sites for hydroxylation is 1. The van der Waals surface area contributed by atoms with Crippen LogP contribution < -0.4 is 5.73 Å². The number of hydrogen-bond donors (Lipinski definition) is 1. The normalized spacial score (nSPS) is 12.9. The lowest BCUT2D eigenvalue weighted by atomic mass is 10.2. The van der Waals surface area contributed by atoms with Gasteiger partial charge in [-0.15, -0.1) is 11.3 Å². The van der Waals surface area contributed by atoms with Gasteiger partial charge in [-0.2, -0.15) is 5.10 Å². The Morgan fingerprint density at radius 3 is 2.88 bits per heavy atom. The van der Waals surface area contributed by atoms with Gasteiger partial charge in [0.05, 0.1) is 9.62 Å². The van der Waals surface area contributed by atoms with Gasteiger partial charge in [-0.05, 0) is 30.4 Å². The van der Waals surface area contributed by atoms with Crippen LogP contribution in [0.5, 0.6) is 0 Å². The van der Waals surface area contributed by atoms with Crippen LogP contribution in [0.15, 0.2) is 17.5 Å². The Kier molecular flexibility index (Phi) is 4.09. The van der Waals surface area contributed by atoms with Gasteiger partial charge in [0.25, 0.3) is 0 Å². The first-order valence-electron chi connectivity index (χ1n) is 5.66. The average Bonchev–Trinajstić information content (AvgIpc) is 2.85. The number of aromatic nitrogens is 2. The lowest BCUT2D eigenvalue weighted by Gasteiger charge is -2.03. The summed E-state index contributed by atoms with van der Waals surface area (Å²) < 4.78 is 2.29. The first-order valence-corrected chi connectivity index (χ1v) is 7.79. The molecule has 17 heavy (non-hydrogen) atoms. The van der Waals surface area contributed by atoms with Crippen LogP contribution in [0.25, 0.3) is 5.00 Å². The summed E-state index contributed by atoms with van der Waals surface area (Å²) in [5.41, 5.74) is 8.35. The number of halogens is 1. The molecule has 0 saturated carbocycles. The Bertz CT molecular complexity index is 504. The summed E-state index contributed by atoms with van der Waals surface area (Å²) in [5, 5.41) is 7.81. The molecule has 1 unspecified atom stereocenters. The highest BCUT2D eigenvalue weighted by atomic mass is 127. The van der Waals surface area contributed by atoms with E-state index in [4.69, 9.17) is 5.73 Å². The van der Waals surface area contributed by atoms with Gasteiger partial charge >= 0.3 is 0 Å². The van der Waals surface area contributed by atoms with Crippen LogP contribution in [0.4, 0.5) is 5.82 Å². The molecule has 0 radical (unpaired) electrons. The minimum atomic E-state index is 0.446. The van der Waals surface area contributed by atoms with Crippen molar-refractivity contribution in [3.05, 3.63) is 28.8 Å². The van der Waals surface area contributed by atoms with E-state index in [1.165, 1.54) is 12.0 Å². The fourth-order valence-electron chi connectivity index (χ4n) is 1.67. The van der Waals surface area contributed by atoms with E-state index in [0.29, 0.717) is 3.92 Å². The second kappa shape index (κ2) is 5.39. The Hall–Kier alpha value is -0.560. The summed E-state index contributed by atoms with van der Waals surface area (Å²) in [7, 11) is 0. The third kappa shape index (κ3) is 2.82. The van der Waals surface area contributed by atoms with Crippen LogP contribution in [0, 0.1) is 6.92 Å². The van der Waals surface area contributed by atoms with Crippen molar-refractivity contribution in [3.63, 3.8) is 0 Å². The predicted molar refractivity (Wildman–Crippen MR) is 82.3 cm³/mol. The Balaban J connectivity index is 2.30. The smallest absolute Gasteiger partial charge is 0.128 e. The van der Waals surface area contributed by atoms with Crippen molar-refractivity contribution in [2.45, 2.75) is 30.6 Å². The van der Waals surface area contributed by atoms with Gasteiger partial charge in [-0.25, -0.2) is 4.68 Å². The second-order valence-corrected chi connectivity index (χ2v) is 6.52. The minimum absolute atomic E-state index is 0.446. The zero-order valence-corrected chi connectivity index (χ0v) is 13.0. The molecule has 0 aromatic carbocycles. The molecule has 0 saturated heterocycles. The number of alkyl halides is 1. The quantitative estimate of drug-likeness (QED) is 0.658. The van der Waals surface area contributed by atoms with E-state index in [1.54, 1.807) is 11.3 Å². The molecule has 92 valence electrons. The molecule has 5 heteroatoms. The van der Waals surface area contributed by atoms with Gasteiger partial charge in [0.15, 0.2) is 0 Å². The largest absolute Gasteiger partial charge is 0.384 e. The van der Waals surface area contributed by atoms with E-state index >= 15 is 0 Å². The fourth-order valence-corrected chi connectivity index (χ4v) is 3.47. The van der Waals surface area contributed by atoms with Crippen LogP contribution in [0.1, 0.15) is 34.9 Å². The van der Waals surface area contributed by atoms with Crippen molar-refractivity contribution in [1.29, 1.82) is 0 Å². The van der Waals surface area contributed by atoms with Crippen LogP contribution in [-0.2, 0) is 0 Å². The molecule has 3 nitrogen and oxygen atoms in total. The molecule has 2 aromatic rings. The van der Waals surface area contributed by atoms with Gasteiger partial charge in [0.1, 0.15) is 10.8 Å².